The maximum atomic E-state index is 13.4. The van der Waals surface area contributed by atoms with E-state index in [1.165, 1.54) is 0 Å². The number of hydrogen-bond donors (Lipinski definition) is 0. The maximum absolute atomic E-state index is 13.4. The lowest BCUT2D eigenvalue weighted by atomic mass is 10.1. The van der Waals surface area contributed by atoms with Gasteiger partial charge in [0.25, 0.3) is 5.91 Å². The first kappa shape index (κ1) is 22.1. The Kier molecular flexibility index (Phi) is 6.74. The van der Waals surface area contributed by atoms with Gasteiger partial charge in [0.2, 0.25) is 0 Å². The zero-order chi connectivity index (χ0) is 23.2. The van der Waals surface area contributed by atoms with E-state index in [1.54, 1.807) is 23.8 Å². The van der Waals surface area contributed by atoms with E-state index in [2.05, 4.69) is 0 Å². The molecule has 4 rings (SSSR count). The van der Waals surface area contributed by atoms with Gasteiger partial charge in [0.05, 0.1) is 25.6 Å². The molecule has 0 aliphatic carbocycles. The van der Waals surface area contributed by atoms with Crippen molar-refractivity contribution in [2.24, 2.45) is 0 Å². The van der Waals surface area contributed by atoms with Crippen LogP contribution >= 0.6 is 0 Å². The number of nitrogens with zero attached hydrogens (tertiary/aromatic N) is 3. The summed E-state index contributed by atoms with van der Waals surface area (Å²) in [6.07, 6.45) is 0.688. The number of rotatable bonds is 8. The molecule has 0 spiro atoms. The summed E-state index contributed by atoms with van der Waals surface area (Å²) >= 11 is 0. The molecule has 1 heterocycles. The van der Waals surface area contributed by atoms with Crippen molar-refractivity contribution in [3.8, 4) is 28.4 Å². The topological polar surface area (TPSA) is 56.6 Å². The van der Waals surface area contributed by atoms with Gasteiger partial charge < -0.3 is 14.4 Å². The SMILES string of the molecule is COc1ccc(CCN(C)C(=O)c2cc(-c3ccccc3)nn2-c2ccccc2)cc1OC. The Morgan fingerprint density at radius 3 is 2.21 bits per heavy atom. The summed E-state index contributed by atoms with van der Waals surface area (Å²) in [4.78, 5) is 15.2. The fourth-order valence-corrected chi connectivity index (χ4v) is 3.68. The molecule has 1 amide bonds. The second-order valence-electron chi connectivity index (χ2n) is 7.69. The summed E-state index contributed by atoms with van der Waals surface area (Å²) in [5.41, 5.74) is 4.16. The van der Waals surface area contributed by atoms with Crippen molar-refractivity contribution >= 4 is 5.91 Å². The molecule has 0 radical (unpaired) electrons. The van der Waals surface area contributed by atoms with Crippen molar-refractivity contribution < 1.29 is 14.3 Å². The van der Waals surface area contributed by atoms with E-state index in [9.17, 15) is 4.79 Å². The lowest BCUT2D eigenvalue weighted by Crippen LogP contribution is -2.30. The Morgan fingerprint density at radius 1 is 0.879 bits per heavy atom. The predicted octanol–water partition coefficient (Wildman–Crippen LogP) is 4.87. The third-order valence-electron chi connectivity index (χ3n) is 5.53. The summed E-state index contributed by atoms with van der Waals surface area (Å²) in [7, 11) is 5.05. The van der Waals surface area contributed by atoms with Gasteiger partial charge in [-0.05, 0) is 42.3 Å². The number of aromatic nitrogens is 2. The third kappa shape index (κ3) is 4.90. The standard InChI is InChI=1S/C27H27N3O3/c1-29(17-16-20-14-15-25(32-2)26(18-20)33-3)27(31)24-19-23(21-10-6-4-7-11-21)28-30(24)22-12-8-5-9-13-22/h4-15,18-19H,16-17H2,1-3H3. The normalized spacial score (nSPS) is 10.6. The van der Waals surface area contributed by atoms with Crippen LogP contribution in [0.2, 0.25) is 0 Å². The Balaban J connectivity index is 1.58. The molecule has 0 aliphatic heterocycles. The van der Waals surface area contributed by atoms with Crippen molar-refractivity contribution in [1.82, 2.24) is 14.7 Å². The van der Waals surface area contributed by atoms with E-state index in [0.29, 0.717) is 30.2 Å². The number of para-hydroxylation sites is 1. The fourth-order valence-electron chi connectivity index (χ4n) is 3.68. The molecule has 4 aromatic rings. The van der Waals surface area contributed by atoms with E-state index >= 15 is 0 Å². The molecule has 0 bridgehead atoms. The average molecular weight is 442 g/mol. The van der Waals surface area contributed by atoms with Crippen molar-refractivity contribution in [1.29, 1.82) is 0 Å². The van der Waals surface area contributed by atoms with Gasteiger partial charge >= 0.3 is 0 Å². The van der Waals surface area contributed by atoms with E-state index in [1.807, 2.05) is 92.0 Å². The molecule has 6 heteroatoms. The minimum Gasteiger partial charge on any atom is -0.493 e. The lowest BCUT2D eigenvalue weighted by molar-refractivity contribution is 0.0787. The molecule has 0 atom stereocenters. The smallest absolute Gasteiger partial charge is 0.272 e. The van der Waals surface area contributed by atoms with Crippen LogP contribution in [0.1, 0.15) is 16.1 Å². The molecule has 0 unspecified atom stereocenters. The van der Waals surface area contributed by atoms with Crippen molar-refractivity contribution in [3.63, 3.8) is 0 Å². The van der Waals surface area contributed by atoms with Crippen LogP contribution in [0.3, 0.4) is 0 Å². The van der Waals surface area contributed by atoms with Gasteiger partial charge in [0.1, 0.15) is 5.69 Å². The highest BCUT2D eigenvalue weighted by molar-refractivity contribution is 5.94. The number of carbonyl (C=O) groups excluding carboxylic acids is 1. The molecular weight excluding hydrogens is 414 g/mol. The molecule has 168 valence electrons. The first-order valence-corrected chi connectivity index (χ1v) is 10.8. The summed E-state index contributed by atoms with van der Waals surface area (Å²) in [6, 6.07) is 27.3. The Hall–Kier alpha value is -4.06. The number of benzene rings is 3. The fraction of sp³-hybridized carbons (Fsp3) is 0.185. The number of hydrogen-bond acceptors (Lipinski definition) is 4. The van der Waals surface area contributed by atoms with Crippen molar-refractivity contribution in [2.45, 2.75) is 6.42 Å². The second kappa shape index (κ2) is 10.0. The molecule has 0 saturated heterocycles. The number of amides is 1. The first-order valence-electron chi connectivity index (χ1n) is 10.8. The van der Waals surface area contributed by atoms with Crippen molar-refractivity contribution in [3.05, 3.63) is 96.2 Å². The maximum Gasteiger partial charge on any atom is 0.272 e. The van der Waals surface area contributed by atoms with E-state index in [0.717, 1.165) is 22.5 Å². The lowest BCUT2D eigenvalue weighted by Gasteiger charge is -2.18. The predicted molar refractivity (Wildman–Crippen MR) is 129 cm³/mol. The van der Waals surface area contributed by atoms with Gasteiger partial charge in [-0.25, -0.2) is 4.68 Å². The summed E-state index contributed by atoms with van der Waals surface area (Å²) < 4.78 is 12.4. The van der Waals surface area contributed by atoms with Gasteiger partial charge in [0.15, 0.2) is 11.5 Å². The molecular formula is C27H27N3O3. The highest BCUT2D eigenvalue weighted by Crippen LogP contribution is 2.28. The van der Waals surface area contributed by atoms with Crippen LogP contribution in [0.15, 0.2) is 84.9 Å². The van der Waals surface area contributed by atoms with Crippen LogP contribution in [0, 0.1) is 0 Å². The van der Waals surface area contributed by atoms with E-state index < -0.39 is 0 Å². The molecule has 0 fully saturated rings. The number of likely N-dealkylation sites (N-methyl/N-ethyl adjacent to an activating group) is 1. The quantitative estimate of drug-likeness (QED) is 0.391. The van der Waals surface area contributed by atoms with Crippen LogP contribution < -0.4 is 9.47 Å². The van der Waals surface area contributed by atoms with Crippen molar-refractivity contribution in [2.75, 3.05) is 27.8 Å². The van der Waals surface area contributed by atoms with E-state index in [-0.39, 0.29) is 5.91 Å². The van der Waals surface area contributed by atoms with Gasteiger partial charge in [-0.1, -0.05) is 54.6 Å². The highest BCUT2D eigenvalue weighted by Gasteiger charge is 2.21. The van der Waals surface area contributed by atoms with Crippen LogP contribution in [0.5, 0.6) is 11.5 Å². The zero-order valence-corrected chi connectivity index (χ0v) is 19.1. The molecule has 0 saturated carbocycles. The number of carbonyl (C=O) groups is 1. The third-order valence-corrected chi connectivity index (χ3v) is 5.53. The van der Waals surface area contributed by atoms with Crippen LogP contribution in [-0.4, -0.2) is 48.4 Å². The minimum atomic E-state index is -0.0889. The Labute approximate surface area is 194 Å². The largest absolute Gasteiger partial charge is 0.493 e. The number of methoxy groups -OCH3 is 2. The van der Waals surface area contributed by atoms with Gasteiger partial charge in [-0.3, -0.25) is 4.79 Å². The molecule has 6 nitrogen and oxygen atoms in total. The monoisotopic (exact) mass is 441 g/mol. The summed E-state index contributed by atoms with van der Waals surface area (Å²) in [5, 5.41) is 4.75. The summed E-state index contributed by atoms with van der Waals surface area (Å²) in [6.45, 7) is 0.551. The van der Waals surface area contributed by atoms with E-state index in [4.69, 9.17) is 14.6 Å². The number of ether oxygens (including phenoxy) is 2. The minimum absolute atomic E-state index is 0.0889. The Morgan fingerprint density at radius 2 is 1.55 bits per heavy atom. The first-order chi connectivity index (χ1) is 16.1. The second-order valence-corrected chi connectivity index (χ2v) is 7.69. The summed E-state index contributed by atoms with van der Waals surface area (Å²) in [5.74, 6) is 1.28. The van der Waals surface area contributed by atoms with Crippen LogP contribution in [0.4, 0.5) is 0 Å². The van der Waals surface area contributed by atoms with Crippen LogP contribution in [-0.2, 0) is 6.42 Å². The molecule has 1 aromatic heterocycles. The van der Waals surface area contributed by atoms with Gasteiger partial charge in [0, 0.05) is 19.2 Å². The highest BCUT2D eigenvalue weighted by atomic mass is 16.5. The van der Waals surface area contributed by atoms with Gasteiger partial charge in [-0.2, -0.15) is 5.10 Å². The van der Waals surface area contributed by atoms with Crippen LogP contribution in [0.25, 0.3) is 16.9 Å². The molecule has 33 heavy (non-hydrogen) atoms. The molecule has 0 N–H and O–H groups in total. The molecule has 0 aliphatic rings. The van der Waals surface area contributed by atoms with Gasteiger partial charge in [-0.15, -0.1) is 0 Å². The average Bonchev–Trinajstić information content (AvgIpc) is 3.33. The molecule has 3 aromatic carbocycles. The zero-order valence-electron chi connectivity index (χ0n) is 19.1. The Bertz CT molecular complexity index is 1220.